The Kier molecular flexibility index (Phi) is 57.6. The third-order valence-corrected chi connectivity index (χ3v) is 2.21. The molecule has 7 heteroatoms. The predicted molar refractivity (Wildman–Crippen MR) is 103 cm³/mol. The first-order valence-electron chi connectivity index (χ1n) is 7.53. The summed E-state index contributed by atoms with van der Waals surface area (Å²) in [5, 5.41) is 17.3. The molecule has 0 unspecified atom stereocenters. The molecule has 4 radical (unpaired) electrons. The molecule has 0 aliphatic carbocycles. The number of carboxylic acid groups (broad SMARTS) is 2. The summed E-state index contributed by atoms with van der Waals surface area (Å²) >= 11 is 7.99. The maximum Gasteiger partial charge on any atom is 2.00 e. The molecule has 0 atom stereocenters. The molecule has 0 bridgehead atoms. The first-order chi connectivity index (χ1) is 10.4. The van der Waals surface area contributed by atoms with Crippen molar-refractivity contribution in [2.75, 3.05) is 11.5 Å². The summed E-state index contributed by atoms with van der Waals surface area (Å²) in [5.74, 6) is -1.17. The Labute approximate surface area is 171 Å². The van der Waals surface area contributed by atoms with Gasteiger partial charge in [-0.1, -0.05) is 53.4 Å². The number of carboxylic acids is 2. The van der Waals surface area contributed by atoms with Gasteiger partial charge in [0.15, 0.2) is 0 Å². The normalized spacial score (nSPS) is 7.91. The molecule has 23 heavy (non-hydrogen) atoms. The Morgan fingerprint density at radius 2 is 1.48 bits per heavy atom. The van der Waals surface area contributed by atoms with Gasteiger partial charge < -0.3 is 27.6 Å². The van der Waals surface area contributed by atoms with Gasteiger partial charge in [0.05, 0.1) is 6.42 Å². The zero-order valence-corrected chi connectivity index (χ0v) is 19.4. The van der Waals surface area contributed by atoms with E-state index in [0.717, 1.165) is 0 Å². The van der Waals surface area contributed by atoms with Crippen LogP contribution in [0.15, 0.2) is 0 Å². The fourth-order valence-corrected chi connectivity index (χ4v) is 1.11. The smallest absolute Gasteiger partial charge is 0.792 e. The molecule has 4 nitrogen and oxygen atoms in total. The van der Waals surface area contributed by atoms with Crippen molar-refractivity contribution in [2.24, 2.45) is 0 Å². The number of aliphatic carboxylic acids is 2. The predicted octanol–water partition coefficient (Wildman–Crippen LogP) is 2.70. The van der Waals surface area contributed by atoms with Crippen LogP contribution < -0.4 is 5.11 Å². The van der Waals surface area contributed by atoms with Gasteiger partial charge in [-0.05, 0) is 19.3 Å². The topological polar surface area (TPSA) is 77.4 Å². The minimum atomic E-state index is -1.06. The van der Waals surface area contributed by atoms with Crippen LogP contribution in [0.4, 0.5) is 0 Å². The van der Waals surface area contributed by atoms with E-state index in [1.54, 1.807) is 0 Å². The molecule has 0 saturated heterocycles. The summed E-state index contributed by atoms with van der Waals surface area (Å²) < 4.78 is 0. The van der Waals surface area contributed by atoms with Crippen molar-refractivity contribution in [1.82, 2.24) is 0 Å². The van der Waals surface area contributed by atoms with Gasteiger partial charge in [-0.3, -0.25) is 4.79 Å². The van der Waals surface area contributed by atoms with E-state index in [-0.39, 0.29) is 42.5 Å². The summed E-state index contributed by atoms with van der Waals surface area (Å²) in [7, 11) is 0. The number of carbonyl (C=O) groups is 2. The van der Waals surface area contributed by atoms with Crippen molar-refractivity contribution in [3.8, 4) is 0 Å². The molecule has 136 valence electrons. The van der Waals surface area contributed by atoms with E-state index in [0.29, 0.717) is 5.75 Å². The van der Waals surface area contributed by atoms with Crippen LogP contribution in [0.2, 0.25) is 0 Å². The number of unbranched alkanes of at least 4 members (excludes halogenated alkanes) is 4. The summed E-state index contributed by atoms with van der Waals surface area (Å²) in [6.45, 7) is 8.53. The van der Waals surface area contributed by atoms with Crippen LogP contribution in [0.3, 0.4) is 0 Å². The molecule has 0 heterocycles. The molecule has 0 aliphatic heterocycles. The van der Waals surface area contributed by atoms with E-state index in [2.05, 4.69) is 65.8 Å². The van der Waals surface area contributed by atoms with Crippen LogP contribution in [0.1, 0.15) is 66.2 Å². The molecule has 0 amide bonds. The molecule has 0 rings (SSSR count). The monoisotopic (exact) mass is 472 g/mol. The van der Waals surface area contributed by atoms with Crippen molar-refractivity contribution in [1.29, 1.82) is 0 Å². The quantitative estimate of drug-likeness (QED) is 0.324. The molecule has 0 fully saturated rings. The number of rotatable bonds is 8. The van der Waals surface area contributed by atoms with Crippen LogP contribution in [0, 0.1) is 12.8 Å². The van der Waals surface area contributed by atoms with E-state index in [4.69, 9.17) is 5.11 Å². The SMILES string of the molecule is C[CH]CCC.C[CH]CCC.O=C(O)CCS.O=C([O-])CC[S-].[Sn+2]. The van der Waals surface area contributed by atoms with Gasteiger partial charge in [0, 0.05) is 11.7 Å². The third-order valence-electron chi connectivity index (χ3n) is 1.79. The van der Waals surface area contributed by atoms with Crippen LogP contribution in [-0.2, 0) is 22.2 Å². The van der Waals surface area contributed by atoms with E-state index < -0.39 is 11.9 Å². The fraction of sp³-hybridized carbons (Fsp3) is 0.750. The molecule has 0 aliphatic rings. The second-order valence-corrected chi connectivity index (χ2v) is 4.94. The maximum atomic E-state index is 9.55. The van der Waals surface area contributed by atoms with Crippen LogP contribution in [0.25, 0.3) is 0 Å². The molecule has 0 aromatic heterocycles. The minimum Gasteiger partial charge on any atom is -0.792 e. The minimum absolute atomic E-state index is 0. The molecule has 0 spiro atoms. The van der Waals surface area contributed by atoms with Crippen LogP contribution in [-0.4, -0.2) is 52.5 Å². The van der Waals surface area contributed by atoms with Gasteiger partial charge >= 0.3 is 29.9 Å². The molecule has 1 N–H and O–H groups in total. The van der Waals surface area contributed by atoms with E-state index in [1.165, 1.54) is 25.7 Å². The number of hydrogen-bond acceptors (Lipinski definition) is 5. The van der Waals surface area contributed by atoms with Crippen molar-refractivity contribution in [2.45, 2.75) is 66.2 Å². The molecule has 0 aromatic carbocycles. The van der Waals surface area contributed by atoms with Crippen LogP contribution in [0.5, 0.6) is 0 Å². The van der Waals surface area contributed by atoms with Crippen molar-refractivity contribution in [3.63, 3.8) is 0 Å². The molecule has 0 saturated carbocycles. The summed E-state index contributed by atoms with van der Waals surface area (Å²) in [4.78, 5) is 19.0. The van der Waals surface area contributed by atoms with Gasteiger partial charge in [0.1, 0.15) is 0 Å². The Morgan fingerprint density at radius 3 is 1.48 bits per heavy atom. The average molecular weight is 471 g/mol. The van der Waals surface area contributed by atoms with E-state index >= 15 is 0 Å². The van der Waals surface area contributed by atoms with E-state index in [9.17, 15) is 14.7 Å². The first kappa shape index (κ1) is 34.7. The van der Waals surface area contributed by atoms with Gasteiger partial charge in [0.2, 0.25) is 0 Å². The summed E-state index contributed by atoms with van der Waals surface area (Å²) in [6.07, 6.45) is 9.62. The van der Waals surface area contributed by atoms with E-state index in [1.807, 2.05) is 0 Å². The second kappa shape index (κ2) is 38.2. The Bertz CT molecular complexity index is 192. The first-order valence-corrected chi connectivity index (χ1v) is 8.74. The zero-order valence-electron chi connectivity index (χ0n) is 14.8. The Hall–Kier alpha value is 0.439. The van der Waals surface area contributed by atoms with Crippen molar-refractivity contribution >= 4 is 61.1 Å². The standard InChI is InChI=1S/2C5H11.2C3H6O2S.Sn/c2*1-3-5-4-2;2*4-3(5)1-2-6;/h2*3H,4-5H2,1-2H3;2*6H,1-2H2,(H,4,5);/q;;;;+2/p-2. The van der Waals surface area contributed by atoms with Gasteiger partial charge in [-0.15, -0.1) is 0 Å². The average Bonchev–Trinajstić information content (AvgIpc) is 2.42. The van der Waals surface area contributed by atoms with Gasteiger partial charge in [-0.2, -0.15) is 18.4 Å². The maximum absolute atomic E-state index is 9.55. The Balaban J connectivity index is -0.0000000620. The molecular formula is C16H32O4S2Sn. The number of thiol groups is 1. The third kappa shape index (κ3) is 86.0. The number of carbonyl (C=O) groups excluding carboxylic acids is 1. The Morgan fingerprint density at radius 1 is 1.09 bits per heavy atom. The second-order valence-electron chi connectivity index (χ2n) is 4.09. The summed E-state index contributed by atoms with van der Waals surface area (Å²) in [6, 6.07) is 0. The van der Waals surface area contributed by atoms with Crippen molar-refractivity contribution in [3.05, 3.63) is 12.8 Å². The largest absolute Gasteiger partial charge is 2.00 e. The molecular weight excluding hydrogens is 439 g/mol. The fourth-order valence-electron chi connectivity index (χ4n) is 0.756. The summed E-state index contributed by atoms with van der Waals surface area (Å²) in [5.41, 5.74) is 0. The van der Waals surface area contributed by atoms with Crippen molar-refractivity contribution < 1.29 is 19.8 Å². The van der Waals surface area contributed by atoms with Crippen LogP contribution >= 0.6 is 12.6 Å². The molecule has 0 aromatic rings. The van der Waals surface area contributed by atoms with Gasteiger partial charge in [0.25, 0.3) is 0 Å². The zero-order chi connectivity index (χ0) is 18.2. The van der Waals surface area contributed by atoms with Gasteiger partial charge in [-0.25, -0.2) is 0 Å². The number of hydrogen-bond donors (Lipinski definition) is 2.